The van der Waals surface area contributed by atoms with E-state index >= 15 is 0 Å². The van der Waals surface area contributed by atoms with Crippen LogP contribution < -0.4 is 0 Å². The Balaban J connectivity index is 2.54. The smallest absolute Gasteiger partial charge is 0.0762 e. The first kappa shape index (κ1) is 12.8. The van der Waals surface area contributed by atoms with Crippen LogP contribution in [0.1, 0.15) is 37.2 Å². The molecule has 0 aromatic heterocycles. The van der Waals surface area contributed by atoms with E-state index in [1.807, 2.05) is 48.5 Å². The highest BCUT2D eigenvalue weighted by molar-refractivity contribution is 5.65. The monoisotopic (exact) mass is 242 g/mol. The quantitative estimate of drug-likeness (QED) is 0.865. The van der Waals surface area contributed by atoms with Crippen molar-refractivity contribution in [1.82, 2.24) is 0 Å². The zero-order valence-electron chi connectivity index (χ0n) is 10.7. The molecule has 2 heteroatoms. The Morgan fingerprint density at radius 3 is 1.67 bits per heavy atom. The summed E-state index contributed by atoms with van der Waals surface area (Å²) in [5.74, 6) is 0. The summed E-state index contributed by atoms with van der Waals surface area (Å²) in [6, 6.07) is 15.7. The van der Waals surface area contributed by atoms with Crippen LogP contribution in [0.3, 0.4) is 0 Å². The number of aliphatic hydroxyl groups excluding tert-OH is 2. The maximum atomic E-state index is 9.72. The van der Waals surface area contributed by atoms with Crippen molar-refractivity contribution in [2.75, 3.05) is 0 Å². The van der Waals surface area contributed by atoms with Crippen LogP contribution in [0.5, 0.6) is 0 Å². The molecule has 0 radical (unpaired) electrons. The molecule has 2 aromatic carbocycles. The fourth-order valence-electron chi connectivity index (χ4n) is 1.96. The molecule has 0 aliphatic heterocycles. The molecule has 0 spiro atoms. The average molecular weight is 242 g/mol. The molecule has 0 bridgehead atoms. The molecule has 2 N–H and O–H groups in total. The van der Waals surface area contributed by atoms with Gasteiger partial charge in [0.25, 0.3) is 0 Å². The predicted octanol–water partition coefficient (Wildman–Crippen LogP) is 3.46. The van der Waals surface area contributed by atoms with E-state index in [4.69, 9.17) is 0 Å². The first-order chi connectivity index (χ1) is 8.58. The molecule has 94 valence electrons. The predicted molar refractivity (Wildman–Crippen MR) is 73.1 cm³/mol. The van der Waals surface area contributed by atoms with Gasteiger partial charge in [-0.3, -0.25) is 0 Å². The first-order valence-electron chi connectivity index (χ1n) is 6.14. The fraction of sp³-hybridized carbons (Fsp3) is 0.250. The number of rotatable bonds is 3. The van der Waals surface area contributed by atoms with Crippen molar-refractivity contribution in [1.29, 1.82) is 0 Å². The lowest BCUT2D eigenvalue weighted by atomic mass is 9.96. The van der Waals surface area contributed by atoms with Crippen LogP contribution in [-0.2, 0) is 0 Å². The van der Waals surface area contributed by atoms with Crippen molar-refractivity contribution >= 4 is 0 Å². The SMILES string of the molecule is CC(O)c1cc(-c2ccccc2)cc(C(C)O)c1. The number of hydrogen-bond acceptors (Lipinski definition) is 2. The van der Waals surface area contributed by atoms with Crippen LogP contribution in [0.4, 0.5) is 0 Å². The molecule has 2 rings (SSSR count). The summed E-state index contributed by atoms with van der Waals surface area (Å²) in [6.07, 6.45) is -1.07. The maximum absolute atomic E-state index is 9.72. The van der Waals surface area contributed by atoms with Gasteiger partial charge in [0.2, 0.25) is 0 Å². The number of aliphatic hydroxyl groups is 2. The molecule has 2 nitrogen and oxygen atoms in total. The fourth-order valence-corrected chi connectivity index (χ4v) is 1.96. The molecule has 0 aliphatic rings. The van der Waals surface area contributed by atoms with E-state index in [1.54, 1.807) is 13.8 Å². The lowest BCUT2D eigenvalue weighted by Crippen LogP contribution is -1.98. The third-order valence-electron chi connectivity index (χ3n) is 3.05. The van der Waals surface area contributed by atoms with Crippen molar-refractivity contribution in [3.63, 3.8) is 0 Å². The standard InChI is InChI=1S/C16H18O2/c1-11(17)14-8-15(12(2)18)10-16(9-14)13-6-4-3-5-7-13/h3-12,17-18H,1-2H3. The van der Waals surface area contributed by atoms with Gasteiger partial charge in [-0.05, 0) is 48.2 Å². The Morgan fingerprint density at radius 1 is 0.722 bits per heavy atom. The van der Waals surface area contributed by atoms with E-state index in [1.165, 1.54) is 0 Å². The van der Waals surface area contributed by atoms with Gasteiger partial charge in [0, 0.05) is 0 Å². The lowest BCUT2D eigenvalue weighted by molar-refractivity contribution is 0.192. The van der Waals surface area contributed by atoms with E-state index in [2.05, 4.69) is 0 Å². The minimum Gasteiger partial charge on any atom is -0.389 e. The van der Waals surface area contributed by atoms with Crippen LogP contribution in [0.25, 0.3) is 11.1 Å². The molecule has 2 unspecified atom stereocenters. The Bertz CT molecular complexity index is 490. The second kappa shape index (κ2) is 5.34. The van der Waals surface area contributed by atoms with Gasteiger partial charge in [-0.15, -0.1) is 0 Å². The molecule has 0 aliphatic carbocycles. The van der Waals surface area contributed by atoms with E-state index < -0.39 is 12.2 Å². The van der Waals surface area contributed by atoms with Crippen LogP contribution in [-0.4, -0.2) is 10.2 Å². The highest BCUT2D eigenvalue weighted by Gasteiger charge is 2.09. The summed E-state index contributed by atoms with van der Waals surface area (Å²) in [7, 11) is 0. The molecule has 0 saturated carbocycles. The molecular formula is C16H18O2. The minimum absolute atomic E-state index is 0.536. The molecular weight excluding hydrogens is 224 g/mol. The Morgan fingerprint density at radius 2 is 1.22 bits per heavy atom. The van der Waals surface area contributed by atoms with Gasteiger partial charge in [0.15, 0.2) is 0 Å². The molecule has 2 aromatic rings. The minimum atomic E-state index is -0.536. The van der Waals surface area contributed by atoms with Crippen molar-refractivity contribution in [2.24, 2.45) is 0 Å². The molecule has 0 saturated heterocycles. The largest absolute Gasteiger partial charge is 0.389 e. The van der Waals surface area contributed by atoms with Crippen LogP contribution in [0, 0.1) is 0 Å². The molecule has 0 heterocycles. The molecule has 0 amide bonds. The molecule has 18 heavy (non-hydrogen) atoms. The zero-order valence-corrected chi connectivity index (χ0v) is 10.7. The van der Waals surface area contributed by atoms with Gasteiger partial charge >= 0.3 is 0 Å². The Kier molecular flexibility index (Phi) is 3.80. The third-order valence-corrected chi connectivity index (χ3v) is 3.05. The van der Waals surface area contributed by atoms with E-state index in [0.29, 0.717) is 0 Å². The molecule has 0 fully saturated rings. The van der Waals surface area contributed by atoms with Crippen LogP contribution in [0.2, 0.25) is 0 Å². The lowest BCUT2D eigenvalue weighted by Gasteiger charge is -2.13. The summed E-state index contributed by atoms with van der Waals surface area (Å²) in [5.41, 5.74) is 3.76. The average Bonchev–Trinajstić information content (AvgIpc) is 2.39. The highest BCUT2D eigenvalue weighted by Crippen LogP contribution is 2.27. The van der Waals surface area contributed by atoms with Gasteiger partial charge in [-0.2, -0.15) is 0 Å². The first-order valence-corrected chi connectivity index (χ1v) is 6.14. The second-order valence-electron chi connectivity index (χ2n) is 4.61. The summed E-state index contributed by atoms with van der Waals surface area (Å²) >= 11 is 0. The number of hydrogen-bond donors (Lipinski definition) is 2. The van der Waals surface area contributed by atoms with E-state index in [-0.39, 0.29) is 0 Å². The maximum Gasteiger partial charge on any atom is 0.0762 e. The van der Waals surface area contributed by atoms with Crippen LogP contribution in [0.15, 0.2) is 48.5 Å². The van der Waals surface area contributed by atoms with E-state index in [9.17, 15) is 10.2 Å². The van der Waals surface area contributed by atoms with Crippen LogP contribution >= 0.6 is 0 Å². The van der Waals surface area contributed by atoms with Crippen molar-refractivity contribution in [3.8, 4) is 11.1 Å². The van der Waals surface area contributed by atoms with Gasteiger partial charge in [-0.25, -0.2) is 0 Å². The van der Waals surface area contributed by atoms with Crippen molar-refractivity contribution in [3.05, 3.63) is 59.7 Å². The van der Waals surface area contributed by atoms with Gasteiger partial charge in [-0.1, -0.05) is 36.4 Å². The third kappa shape index (κ3) is 2.78. The Labute approximate surface area is 108 Å². The second-order valence-corrected chi connectivity index (χ2v) is 4.61. The molecule has 2 atom stereocenters. The zero-order chi connectivity index (χ0) is 13.1. The summed E-state index contributed by atoms with van der Waals surface area (Å²) in [6.45, 7) is 3.46. The van der Waals surface area contributed by atoms with Gasteiger partial charge in [0.05, 0.1) is 12.2 Å². The summed E-state index contributed by atoms with van der Waals surface area (Å²) in [5, 5.41) is 19.4. The summed E-state index contributed by atoms with van der Waals surface area (Å²) < 4.78 is 0. The Hall–Kier alpha value is -1.64. The highest BCUT2D eigenvalue weighted by atomic mass is 16.3. The van der Waals surface area contributed by atoms with E-state index in [0.717, 1.165) is 22.3 Å². The van der Waals surface area contributed by atoms with Crippen molar-refractivity contribution in [2.45, 2.75) is 26.1 Å². The summed E-state index contributed by atoms with van der Waals surface area (Å²) in [4.78, 5) is 0. The van der Waals surface area contributed by atoms with Gasteiger partial charge in [0.1, 0.15) is 0 Å². The number of benzene rings is 2. The topological polar surface area (TPSA) is 40.5 Å². The normalized spacial score (nSPS) is 14.2. The van der Waals surface area contributed by atoms with Crippen molar-refractivity contribution < 1.29 is 10.2 Å². The van der Waals surface area contributed by atoms with Gasteiger partial charge < -0.3 is 10.2 Å².